The van der Waals surface area contributed by atoms with Crippen LogP contribution in [0.25, 0.3) is 0 Å². The number of carboxylic acid groups (broad SMARTS) is 1. The molecule has 0 aliphatic carbocycles. The molecule has 2 rings (SSSR count). The molecule has 0 bridgehead atoms. The molecule has 3 N–H and O–H groups in total. The summed E-state index contributed by atoms with van der Waals surface area (Å²) >= 11 is 0. The van der Waals surface area contributed by atoms with Gasteiger partial charge in [0.2, 0.25) is 0 Å². The zero-order valence-corrected chi connectivity index (χ0v) is 14.2. The first-order chi connectivity index (χ1) is 11.7. The van der Waals surface area contributed by atoms with Crippen molar-refractivity contribution in [1.29, 1.82) is 0 Å². The van der Waals surface area contributed by atoms with Crippen molar-refractivity contribution in [2.75, 3.05) is 7.11 Å². The van der Waals surface area contributed by atoms with Gasteiger partial charge >= 0.3 is 11.9 Å². The van der Waals surface area contributed by atoms with Crippen LogP contribution in [0.1, 0.15) is 37.4 Å². The summed E-state index contributed by atoms with van der Waals surface area (Å²) in [7, 11) is 1.26. The van der Waals surface area contributed by atoms with E-state index in [1.807, 2.05) is 0 Å². The van der Waals surface area contributed by atoms with Crippen LogP contribution in [0.2, 0.25) is 0 Å². The number of phenols is 2. The molecule has 0 radical (unpaired) electrons. The van der Waals surface area contributed by atoms with Gasteiger partial charge in [-0.3, -0.25) is 0 Å². The van der Waals surface area contributed by atoms with E-state index in [0.29, 0.717) is 16.7 Å². The molecule has 0 saturated carbocycles. The highest BCUT2D eigenvalue weighted by atomic mass is 16.5. The van der Waals surface area contributed by atoms with Gasteiger partial charge in [-0.15, -0.1) is 0 Å². The second-order valence-corrected chi connectivity index (χ2v) is 5.60. The van der Waals surface area contributed by atoms with E-state index in [1.165, 1.54) is 26.2 Å². The molecule has 7 nitrogen and oxygen atoms in total. The highest BCUT2D eigenvalue weighted by Gasteiger charge is 2.27. The van der Waals surface area contributed by atoms with E-state index in [-0.39, 0.29) is 22.8 Å². The van der Waals surface area contributed by atoms with E-state index in [2.05, 4.69) is 0 Å². The van der Waals surface area contributed by atoms with Gasteiger partial charge in [0.15, 0.2) is 0 Å². The molecule has 2 aromatic carbocycles. The third-order valence-corrected chi connectivity index (χ3v) is 3.78. The zero-order chi connectivity index (χ0) is 18.9. The molecule has 7 heteroatoms. The van der Waals surface area contributed by atoms with Gasteiger partial charge < -0.3 is 24.8 Å². The maximum Gasteiger partial charge on any atom is 0.347 e. The Morgan fingerprint density at radius 3 is 2.16 bits per heavy atom. The number of benzene rings is 2. The topological polar surface area (TPSA) is 113 Å². The SMILES string of the molecule is COc1cc(C)c(C(=O)Oc2cc(C)cc(O)c2C)c(O)c1C(=O)O. The standard InChI is InChI=1S/C18H18O7/c1-8-5-11(19)10(3)12(6-8)25-18(23)14-9(2)7-13(24-4)15(16(14)20)17(21)22/h5-7,19-20H,1-4H3,(H,21,22). The predicted octanol–water partition coefficient (Wildman–Crippen LogP) is 2.95. The highest BCUT2D eigenvalue weighted by molar-refractivity contribution is 6.03. The summed E-state index contributed by atoms with van der Waals surface area (Å²) in [6.07, 6.45) is 0. The number of methoxy groups -OCH3 is 1. The first-order valence-electron chi connectivity index (χ1n) is 7.33. The fraction of sp³-hybridized carbons (Fsp3) is 0.222. The summed E-state index contributed by atoms with van der Waals surface area (Å²) in [6.45, 7) is 4.81. The van der Waals surface area contributed by atoms with E-state index < -0.39 is 23.3 Å². The summed E-state index contributed by atoms with van der Waals surface area (Å²) in [6, 6.07) is 4.41. The van der Waals surface area contributed by atoms with E-state index in [4.69, 9.17) is 9.47 Å². The number of aromatic hydroxyl groups is 2. The van der Waals surface area contributed by atoms with Gasteiger partial charge in [-0.1, -0.05) is 0 Å². The third kappa shape index (κ3) is 3.35. The van der Waals surface area contributed by atoms with Crippen molar-refractivity contribution < 1.29 is 34.4 Å². The Hall–Kier alpha value is -3.22. The van der Waals surface area contributed by atoms with Gasteiger partial charge in [0.05, 0.1) is 7.11 Å². The number of carboxylic acids is 1. The Bertz CT molecular complexity index is 868. The molecule has 0 spiro atoms. The Morgan fingerprint density at radius 2 is 1.60 bits per heavy atom. The minimum absolute atomic E-state index is 0.0373. The average Bonchev–Trinajstić information content (AvgIpc) is 2.50. The zero-order valence-electron chi connectivity index (χ0n) is 14.2. The highest BCUT2D eigenvalue weighted by Crippen LogP contribution is 2.36. The normalized spacial score (nSPS) is 10.4. The summed E-state index contributed by atoms with van der Waals surface area (Å²) in [4.78, 5) is 23.9. The third-order valence-electron chi connectivity index (χ3n) is 3.78. The van der Waals surface area contributed by atoms with Crippen LogP contribution in [-0.4, -0.2) is 34.4 Å². The van der Waals surface area contributed by atoms with Gasteiger partial charge in [0.25, 0.3) is 0 Å². The summed E-state index contributed by atoms with van der Waals surface area (Å²) < 4.78 is 10.2. The molecular weight excluding hydrogens is 328 g/mol. The van der Waals surface area contributed by atoms with Gasteiger partial charge in [-0.2, -0.15) is 0 Å². The van der Waals surface area contributed by atoms with Crippen molar-refractivity contribution in [2.24, 2.45) is 0 Å². The predicted molar refractivity (Wildman–Crippen MR) is 88.9 cm³/mol. The lowest BCUT2D eigenvalue weighted by Gasteiger charge is -2.15. The molecule has 0 aliphatic rings. The van der Waals surface area contributed by atoms with Crippen LogP contribution in [0, 0.1) is 20.8 Å². The molecule has 0 amide bonds. The average molecular weight is 346 g/mol. The lowest BCUT2D eigenvalue weighted by Crippen LogP contribution is -2.14. The summed E-state index contributed by atoms with van der Waals surface area (Å²) in [5, 5.41) is 29.3. The first kappa shape index (κ1) is 18.1. The summed E-state index contributed by atoms with van der Waals surface area (Å²) in [5.74, 6) is -3.09. The Labute approximate surface area is 144 Å². The van der Waals surface area contributed by atoms with Crippen molar-refractivity contribution in [3.8, 4) is 23.0 Å². The second kappa shape index (κ2) is 6.72. The molecule has 0 atom stereocenters. The van der Waals surface area contributed by atoms with Crippen molar-refractivity contribution in [1.82, 2.24) is 0 Å². The van der Waals surface area contributed by atoms with Crippen LogP contribution in [0.4, 0.5) is 0 Å². The molecule has 0 aromatic heterocycles. The number of aromatic carboxylic acids is 1. The van der Waals surface area contributed by atoms with Crippen molar-refractivity contribution in [3.63, 3.8) is 0 Å². The monoisotopic (exact) mass is 346 g/mol. The van der Waals surface area contributed by atoms with Crippen molar-refractivity contribution in [3.05, 3.63) is 46.0 Å². The molecule has 132 valence electrons. The van der Waals surface area contributed by atoms with Crippen molar-refractivity contribution >= 4 is 11.9 Å². The van der Waals surface area contributed by atoms with Crippen LogP contribution >= 0.6 is 0 Å². The summed E-state index contributed by atoms with van der Waals surface area (Å²) in [5.41, 5.74) is 0.511. The number of carbonyl (C=O) groups is 2. The number of phenolic OH excluding ortho intramolecular Hbond substituents is 1. The number of carbonyl (C=O) groups excluding carboxylic acids is 1. The maximum absolute atomic E-state index is 12.5. The molecule has 2 aromatic rings. The van der Waals surface area contributed by atoms with E-state index in [0.717, 1.165) is 0 Å². The van der Waals surface area contributed by atoms with Gasteiger partial charge in [-0.25, -0.2) is 9.59 Å². The number of esters is 1. The van der Waals surface area contributed by atoms with Crippen molar-refractivity contribution in [2.45, 2.75) is 20.8 Å². The Kier molecular flexibility index (Phi) is 4.87. The molecule has 0 fully saturated rings. The lowest BCUT2D eigenvalue weighted by molar-refractivity contribution is 0.0689. The second-order valence-electron chi connectivity index (χ2n) is 5.60. The number of aryl methyl sites for hydroxylation is 2. The number of hydrogen-bond acceptors (Lipinski definition) is 6. The minimum Gasteiger partial charge on any atom is -0.508 e. The number of rotatable bonds is 4. The van der Waals surface area contributed by atoms with E-state index >= 15 is 0 Å². The fourth-order valence-electron chi connectivity index (χ4n) is 2.46. The van der Waals surface area contributed by atoms with Gasteiger partial charge in [-0.05, 0) is 50.1 Å². The lowest BCUT2D eigenvalue weighted by atomic mass is 10.0. The smallest absolute Gasteiger partial charge is 0.347 e. The molecule has 0 heterocycles. The van der Waals surface area contributed by atoms with Gasteiger partial charge in [0.1, 0.15) is 34.1 Å². The molecule has 0 unspecified atom stereocenters. The van der Waals surface area contributed by atoms with Crippen LogP contribution in [-0.2, 0) is 0 Å². The fourth-order valence-corrected chi connectivity index (χ4v) is 2.46. The molecule has 0 saturated heterocycles. The Balaban J connectivity index is 2.54. The number of ether oxygens (including phenoxy) is 2. The van der Waals surface area contributed by atoms with E-state index in [1.54, 1.807) is 19.9 Å². The van der Waals surface area contributed by atoms with Gasteiger partial charge in [0, 0.05) is 5.56 Å². The maximum atomic E-state index is 12.5. The van der Waals surface area contributed by atoms with Crippen LogP contribution in [0.15, 0.2) is 18.2 Å². The Morgan fingerprint density at radius 1 is 0.960 bits per heavy atom. The molecule has 0 aliphatic heterocycles. The first-order valence-corrected chi connectivity index (χ1v) is 7.33. The van der Waals surface area contributed by atoms with Crippen LogP contribution in [0.5, 0.6) is 23.0 Å². The largest absolute Gasteiger partial charge is 0.508 e. The molecule has 25 heavy (non-hydrogen) atoms. The molecular formula is C18H18O7. The minimum atomic E-state index is -1.44. The number of hydrogen-bond donors (Lipinski definition) is 3. The quantitative estimate of drug-likeness (QED) is 0.576. The van der Waals surface area contributed by atoms with E-state index in [9.17, 15) is 24.9 Å². The van der Waals surface area contributed by atoms with Crippen LogP contribution in [0.3, 0.4) is 0 Å². The van der Waals surface area contributed by atoms with Crippen LogP contribution < -0.4 is 9.47 Å².